The second kappa shape index (κ2) is 15.5. The fourth-order valence-electron chi connectivity index (χ4n) is 3.25. The number of aryl methyl sites for hydroxylation is 1. The summed E-state index contributed by atoms with van der Waals surface area (Å²) in [5, 5.41) is 5.44. The van der Waals surface area contributed by atoms with E-state index in [1.165, 1.54) is 0 Å². The second-order valence-electron chi connectivity index (χ2n) is 7.98. The number of esters is 1. The number of ether oxygens (including phenoxy) is 2. The van der Waals surface area contributed by atoms with Crippen LogP contribution in [0.5, 0.6) is 11.5 Å². The summed E-state index contributed by atoms with van der Waals surface area (Å²) in [6, 6.07) is 13.9. The van der Waals surface area contributed by atoms with Crippen LogP contribution in [0.4, 0.5) is 0 Å². The van der Waals surface area contributed by atoms with Crippen LogP contribution in [0, 0.1) is 0 Å². The van der Waals surface area contributed by atoms with Crippen molar-refractivity contribution in [2.24, 2.45) is 0 Å². The van der Waals surface area contributed by atoms with Gasteiger partial charge in [-0.1, -0.05) is 52.0 Å². The van der Waals surface area contributed by atoms with Crippen molar-refractivity contribution in [1.29, 1.82) is 0 Å². The van der Waals surface area contributed by atoms with Gasteiger partial charge in [0.05, 0.1) is 0 Å². The van der Waals surface area contributed by atoms with Crippen LogP contribution in [-0.2, 0) is 32.0 Å². The normalized spacial score (nSPS) is 17.8. The van der Waals surface area contributed by atoms with Crippen LogP contribution in [0.3, 0.4) is 0 Å². The molecule has 0 spiro atoms. The summed E-state index contributed by atoms with van der Waals surface area (Å²) in [6.07, 6.45) is -0.0845. The Kier molecular flexibility index (Phi) is 13.2. The monoisotopic (exact) mass is 484 g/mol. The third kappa shape index (κ3) is 10.2. The number of rotatable bonds is 2. The van der Waals surface area contributed by atoms with E-state index in [0.717, 1.165) is 11.1 Å². The molecule has 0 fully saturated rings. The fraction of sp³-hybridized carbons (Fsp3) is 0.464. The van der Waals surface area contributed by atoms with E-state index in [-0.39, 0.29) is 30.7 Å². The predicted molar refractivity (Wildman–Crippen MR) is 138 cm³/mol. The Hall–Kier alpha value is -3.35. The largest absolute Gasteiger partial charge is 0.457 e. The second-order valence-corrected chi connectivity index (χ2v) is 7.98. The number of fused-ring (bicyclic) bond motifs is 10. The highest BCUT2D eigenvalue weighted by atomic mass is 16.5. The van der Waals surface area contributed by atoms with Crippen LogP contribution in [0.25, 0.3) is 0 Å². The molecule has 7 heteroatoms. The lowest BCUT2D eigenvalue weighted by Gasteiger charge is -2.21. The summed E-state index contributed by atoms with van der Waals surface area (Å²) >= 11 is 0. The molecule has 2 aromatic rings. The molecule has 2 N–H and O–H groups in total. The maximum Gasteiger partial charge on any atom is 0.329 e. The van der Waals surface area contributed by atoms with E-state index in [0.29, 0.717) is 17.9 Å². The molecule has 0 aliphatic carbocycles. The van der Waals surface area contributed by atoms with Crippen molar-refractivity contribution in [3.05, 3.63) is 59.7 Å². The molecule has 0 aromatic heterocycles. The molecule has 2 aromatic carbocycles. The van der Waals surface area contributed by atoms with Crippen LogP contribution in [0.15, 0.2) is 48.5 Å². The summed E-state index contributed by atoms with van der Waals surface area (Å²) in [7, 11) is 0. The lowest BCUT2D eigenvalue weighted by Crippen LogP contribution is -2.46. The van der Waals surface area contributed by atoms with Crippen LogP contribution in [0.1, 0.15) is 66.0 Å². The van der Waals surface area contributed by atoms with E-state index in [1.807, 2.05) is 90.1 Å². The lowest BCUT2D eigenvalue weighted by molar-refractivity contribution is -0.158. The highest BCUT2D eigenvalue weighted by molar-refractivity contribution is 5.88. The zero-order valence-electron chi connectivity index (χ0n) is 22.0. The molecule has 192 valence electrons. The smallest absolute Gasteiger partial charge is 0.329 e. The van der Waals surface area contributed by atoms with Gasteiger partial charge in [0, 0.05) is 18.9 Å². The molecule has 35 heavy (non-hydrogen) atoms. The Morgan fingerprint density at radius 1 is 0.943 bits per heavy atom. The van der Waals surface area contributed by atoms with Crippen molar-refractivity contribution in [3.63, 3.8) is 0 Å². The molecule has 7 nitrogen and oxygen atoms in total. The Morgan fingerprint density at radius 2 is 1.60 bits per heavy atom. The molecule has 2 amide bonds. The topological polar surface area (TPSA) is 93.7 Å². The van der Waals surface area contributed by atoms with Gasteiger partial charge >= 0.3 is 5.97 Å². The molecule has 2 unspecified atom stereocenters. The molecule has 2 heterocycles. The van der Waals surface area contributed by atoms with Crippen LogP contribution < -0.4 is 15.4 Å². The van der Waals surface area contributed by atoms with Gasteiger partial charge in [0.2, 0.25) is 5.91 Å². The molecule has 2 aliphatic heterocycles. The predicted octanol–water partition coefficient (Wildman–Crippen LogP) is 4.96. The first kappa shape index (κ1) is 29.7. The standard InChI is InChI=1S/C24H28N2O5.2C2H6/c1-15(2)25-23(28)21-14-18-5-4-6-20(13-18)30-19-10-7-17(8-11-19)9-12-22(27)26-16(3)24(29)31-21;2*1-2/h4-8,10-11,13,15-16,21H,9,12,14H2,1-3H3,(H,25,28)(H,26,27);2*1-2H3. The quantitative estimate of drug-likeness (QED) is 0.588. The third-order valence-corrected chi connectivity index (χ3v) is 4.83. The minimum atomic E-state index is -1.03. The number of amides is 2. The van der Waals surface area contributed by atoms with Crippen molar-refractivity contribution in [1.82, 2.24) is 10.6 Å². The summed E-state index contributed by atoms with van der Waals surface area (Å²) in [4.78, 5) is 37.5. The van der Waals surface area contributed by atoms with Gasteiger partial charge in [-0.15, -0.1) is 0 Å². The maximum atomic E-state index is 12.7. The van der Waals surface area contributed by atoms with E-state index in [1.54, 1.807) is 6.92 Å². The number of hydrogen-bond acceptors (Lipinski definition) is 5. The molecule has 4 bridgehead atoms. The van der Waals surface area contributed by atoms with Crippen molar-refractivity contribution in [3.8, 4) is 11.5 Å². The summed E-state index contributed by atoms with van der Waals surface area (Å²) in [5.41, 5.74) is 1.77. The van der Waals surface area contributed by atoms with Crippen molar-refractivity contribution in [2.45, 2.75) is 85.9 Å². The van der Waals surface area contributed by atoms with Gasteiger partial charge in [0.15, 0.2) is 6.10 Å². The highest BCUT2D eigenvalue weighted by Crippen LogP contribution is 2.24. The van der Waals surface area contributed by atoms with Crippen LogP contribution in [-0.4, -0.2) is 36.0 Å². The van der Waals surface area contributed by atoms with Gasteiger partial charge in [-0.2, -0.15) is 0 Å². The molecule has 0 radical (unpaired) electrons. The summed E-state index contributed by atoms with van der Waals surface area (Å²) in [5.74, 6) is -0.0128. The Balaban J connectivity index is 0.00000145. The molecule has 2 atom stereocenters. The third-order valence-electron chi connectivity index (χ3n) is 4.83. The number of benzene rings is 2. The molecule has 4 rings (SSSR count). The average molecular weight is 485 g/mol. The van der Waals surface area contributed by atoms with Crippen molar-refractivity contribution >= 4 is 17.8 Å². The maximum absolute atomic E-state index is 12.7. The van der Waals surface area contributed by atoms with Gasteiger partial charge in [-0.05, 0) is 62.6 Å². The minimum absolute atomic E-state index is 0.107. The van der Waals surface area contributed by atoms with Gasteiger partial charge < -0.3 is 20.1 Å². The Morgan fingerprint density at radius 3 is 2.23 bits per heavy atom. The molecular weight excluding hydrogens is 444 g/mol. The number of carbonyl (C=O) groups is 3. The Labute approximate surface area is 209 Å². The van der Waals surface area contributed by atoms with Gasteiger partial charge in [-0.3, -0.25) is 9.59 Å². The SMILES string of the molecule is CC.CC.CC(C)NC(=O)C1Cc2cccc(c2)Oc2ccc(cc2)CCC(=O)NC(C)C(=O)O1. The molecule has 0 saturated heterocycles. The van der Waals surface area contributed by atoms with E-state index >= 15 is 0 Å². The van der Waals surface area contributed by atoms with Crippen LogP contribution >= 0.6 is 0 Å². The fourth-order valence-corrected chi connectivity index (χ4v) is 3.25. The van der Waals surface area contributed by atoms with Gasteiger partial charge in [-0.25, -0.2) is 4.79 Å². The zero-order chi connectivity index (χ0) is 26.4. The minimum Gasteiger partial charge on any atom is -0.457 e. The molecule has 0 saturated carbocycles. The van der Waals surface area contributed by atoms with E-state index in [2.05, 4.69) is 10.6 Å². The highest BCUT2D eigenvalue weighted by Gasteiger charge is 2.27. The van der Waals surface area contributed by atoms with Crippen molar-refractivity contribution in [2.75, 3.05) is 0 Å². The molecular formula is C28H40N2O5. The number of carbonyl (C=O) groups excluding carboxylic acids is 3. The molecule has 2 aliphatic rings. The number of hydrogen-bond donors (Lipinski definition) is 2. The van der Waals surface area contributed by atoms with Gasteiger partial charge in [0.25, 0.3) is 5.91 Å². The zero-order valence-corrected chi connectivity index (χ0v) is 22.0. The van der Waals surface area contributed by atoms with E-state index in [9.17, 15) is 14.4 Å². The first-order valence-corrected chi connectivity index (χ1v) is 12.5. The average Bonchev–Trinajstić information content (AvgIpc) is 2.85. The van der Waals surface area contributed by atoms with Crippen molar-refractivity contribution < 1.29 is 23.9 Å². The summed E-state index contributed by atoms with van der Waals surface area (Å²) in [6.45, 7) is 13.2. The first-order chi connectivity index (χ1) is 16.8. The van der Waals surface area contributed by atoms with Gasteiger partial charge in [0.1, 0.15) is 17.5 Å². The summed E-state index contributed by atoms with van der Waals surface area (Å²) < 4.78 is 11.4. The van der Waals surface area contributed by atoms with E-state index in [4.69, 9.17) is 9.47 Å². The first-order valence-electron chi connectivity index (χ1n) is 12.5. The Bertz CT molecular complexity index is 941. The number of nitrogens with one attached hydrogen (secondary N) is 2. The van der Waals surface area contributed by atoms with E-state index < -0.39 is 18.1 Å². The lowest BCUT2D eigenvalue weighted by atomic mass is 10.1. The van der Waals surface area contributed by atoms with Crippen LogP contribution in [0.2, 0.25) is 0 Å².